The van der Waals surface area contributed by atoms with Crippen LogP contribution in [0.1, 0.15) is 22.8 Å². The van der Waals surface area contributed by atoms with Gasteiger partial charge in [0.1, 0.15) is 13.1 Å². The van der Waals surface area contributed by atoms with Gasteiger partial charge in [-0.1, -0.05) is 12.1 Å². The number of ether oxygens (including phenoxy) is 2. The fraction of sp³-hybridized carbons (Fsp3) is 0.375. The first-order valence-electron chi connectivity index (χ1n) is 7.13. The third-order valence-electron chi connectivity index (χ3n) is 3.10. The van der Waals surface area contributed by atoms with Crippen molar-refractivity contribution in [1.82, 2.24) is 10.2 Å². The summed E-state index contributed by atoms with van der Waals surface area (Å²) in [6, 6.07) is 6.54. The van der Waals surface area contributed by atoms with Crippen molar-refractivity contribution in [3.05, 3.63) is 35.4 Å². The van der Waals surface area contributed by atoms with Gasteiger partial charge in [-0.15, -0.1) is 0 Å². The minimum atomic E-state index is -0.651. The van der Waals surface area contributed by atoms with Crippen molar-refractivity contribution in [3.63, 3.8) is 0 Å². The number of nitrogens with one attached hydrogen (secondary N) is 1. The van der Waals surface area contributed by atoms with Crippen LogP contribution < -0.4 is 5.32 Å². The van der Waals surface area contributed by atoms with Crippen LogP contribution in [0, 0.1) is 0 Å². The largest absolute Gasteiger partial charge is 0.468 e. The highest BCUT2D eigenvalue weighted by Crippen LogP contribution is 2.09. The average Bonchev–Trinajstić information content (AvgIpc) is 2.58. The highest BCUT2D eigenvalue weighted by atomic mass is 16.5. The topological polar surface area (TPSA) is 102 Å². The molecule has 1 aromatic carbocycles. The Kier molecular flexibility index (Phi) is 7.41. The molecule has 0 heterocycles. The van der Waals surface area contributed by atoms with Gasteiger partial charge in [0, 0.05) is 19.0 Å². The quantitative estimate of drug-likeness (QED) is 0.709. The van der Waals surface area contributed by atoms with Gasteiger partial charge in [-0.3, -0.25) is 19.2 Å². The zero-order valence-electron chi connectivity index (χ0n) is 13.8. The van der Waals surface area contributed by atoms with Crippen LogP contribution in [0.5, 0.6) is 0 Å². The fourth-order valence-electron chi connectivity index (χ4n) is 1.86. The van der Waals surface area contributed by atoms with Crippen LogP contribution in [0.3, 0.4) is 0 Å². The highest BCUT2D eigenvalue weighted by Gasteiger charge is 2.22. The Bertz CT molecular complexity index is 611. The number of nitrogens with zero attached hydrogens (tertiary/aromatic N) is 1. The molecular formula is C16H20N2O6. The number of benzene rings is 1. The second-order valence-corrected chi connectivity index (χ2v) is 4.92. The van der Waals surface area contributed by atoms with E-state index < -0.39 is 17.8 Å². The van der Waals surface area contributed by atoms with E-state index in [4.69, 9.17) is 0 Å². The van der Waals surface area contributed by atoms with Crippen LogP contribution in [0.15, 0.2) is 24.3 Å². The van der Waals surface area contributed by atoms with Crippen molar-refractivity contribution in [2.45, 2.75) is 13.5 Å². The van der Waals surface area contributed by atoms with Crippen LogP contribution in [0.2, 0.25) is 0 Å². The van der Waals surface area contributed by atoms with Gasteiger partial charge < -0.3 is 19.7 Å². The minimum absolute atomic E-state index is 0.190. The number of hydrogen-bond acceptors (Lipinski definition) is 6. The highest BCUT2D eigenvalue weighted by molar-refractivity contribution is 5.97. The lowest BCUT2D eigenvalue weighted by Crippen LogP contribution is -2.40. The Morgan fingerprint density at radius 2 is 1.62 bits per heavy atom. The molecule has 130 valence electrons. The Balaban J connectivity index is 2.95. The molecule has 0 radical (unpaired) electrons. The predicted octanol–water partition coefficient (Wildman–Crippen LogP) is 0.111. The summed E-state index contributed by atoms with van der Waals surface area (Å²) in [4.78, 5) is 47.5. The molecule has 0 aliphatic carbocycles. The lowest BCUT2D eigenvalue weighted by atomic mass is 10.1. The van der Waals surface area contributed by atoms with E-state index in [2.05, 4.69) is 14.8 Å². The Labute approximate surface area is 139 Å². The van der Waals surface area contributed by atoms with Crippen molar-refractivity contribution in [1.29, 1.82) is 0 Å². The standard InChI is InChI=1S/C16H20N2O6/c1-11(19)17-8-12-5-4-6-13(7-12)16(22)18(9-14(20)23-2)10-15(21)24-3/h4-7H,8-10H2,1-3H3,(H,17,19). The SMILES string of the molecule is COC(=O)CN(CC(=O)OC)C(=O)c1cccc(CNC(C)=O)c1. The van der Waals surface area contributed by atoms with Gasteiger partial charge in [-0.25, -0.2) is 0 Å². The molecule has 1 aromatic rings. The molecule has 0 aromatic heterocycles. The molecule has 1 rings (SSSR count). The average molecular weight is 336 g/mol. The summed E-state index contributed by atoms with van der Waals surface area (Å²) in [5.74, 6) is -2.01. The van der Waals surface area contributed by atoms with Crippen molar-refractivity contribution in [2.24, 2.45) is 0 Å². The van der Waals surface area contributed by atoms with E-state index in [1.54, 1.807) is 24.3 Å². The van der Waals surface area contributed by atoms with Crippen LogP contribution in [0.4, 0.5) is 0 Å². The lowest BCUT2D eigenvalue weighted by Gasteiger charge is -2.20. The maximum atomic E-state index is 12.6. The van der Waals surface area contributed by atoms with E-state index in [-0.39, 0.29) is 31.1 Å². The Hall–Kier alpha value is -2.90. The molecule has 0 unspecified atom stereocenters. The van der Waals surface area contributed by atoms with Gasteiger partial charge in [0.05, 0.1) is 14.2 Å². The molecule has 0 atom stereocenters. The minimum Gasteiger partial charge on any atom is -0.468 e. The van der Waals surface area contributed by atoms with E-state index in [1.165, 1.54) is 21.1 Å². The molecule has 0 saturated carbocycles. The van der Waals surface area contributed by atoms with Crippen LogP contribution >= 0.6 is 0 Å². The van der Waals surface area contributed by atoms with Gasteiger partial charge in [0.25, 0.3) is 5.91 Å². The second-order valence-electron chi connectivity index (χ2n) is 4.92. The summed E-state index contributed by atoms with van der Waals surface area (Å²) < 4.78 is 9.08. The van der Waals surface area contributed by atoms with Gasteiger partial charge in [-0.2, -0.15) is 0 Å². The smallest absolute Gasteiger partial charge is 0.325 e. The number of methoxy groups -OCH3 is 2. The first-order valence-corrected chi connectivity index (χ1v) is 7.13. The summed E-state index contributed by atoms with van der Waals surface area (Å²) in [6.07, 6.45) is 0. The van der Waals surface area contributed by atoms with E-state index in [9.17, 15) is 19.2 Å². The number of hydrogen-bond donors (Lipinski definition) is 1. The van der Waals surface area contributed by atoms with E-state index in [0.29, 0.717) is 5.56 Å². The van der Waals surface area contributed by atoms with Crippen molar-refractivity contribution < 1.29 is 28.7 Å². The van der Waals surface area contributed by atoms with Crippen molar-refractivity contribution >= 4 is 23.8 Å². The van der Waals surface area contributed by atoms with Crippen LogP contribution in [0.25, 0.3) is 0 Å². The Morgan fingerprint density at radius 3 is 2.12 bits per heavy atom. The van der Waals surface area contributed by atoms with Crippen LogP contribution in [-0.2, 0) is 30.4 Å². The summed E-state index contributed by atoms with van der Waals surface area (Å²) in [7, 11) is 2.38. The third kappa shape index (κ3) is 6.07. The molecule has 8 nitrogen and oxygen atoms in total. The Morgan fingerprint density at radius 1 is 1.04 bits per heavy atom. The molecule has 2 amide bonds. The van der Waals surface area contributed by atoms with E-state index in [0.717, 1.165) is 4.90 Å². The maximum Gasteiger partial charge on any atom is 0.325 e. The molecule has 24 heavy (non-hydrogen) atoms. The molecule has 0 aliphatic heterocycles. The second kappa shape index (κ2) is 9.29. The number of esters is 2. The van der Waals surface area contributed by atoms with Gasteiger partial charge in [0.15, 0.2) is 0 Å². The number of carbonyl (C=O) groups excluding carboxylic acids is 4. The first kappa shape index (κ1) is 19.1. The number of amides is 2. The molecule has 0 aliphatic rings. The third-order valence-corrected chi connectivity index (χ3v) is 3.10. The molecule has 0 saturated heterocycles. The van der Waals surface area contributed by atoms with E-state index >= 15 is 0 Å². The summed E-state index contributed by atoms with van der Waals surface area (Å²) in [6.45, 7) is 0.911. The first-order chi connectivity index (χ1) is 11.4. The van der Waals surface area contributed by atoms with Crippen LogP contribution in [-0.4, -0.2) is 56.0 Å². The predicted molar refractivity (Wildman–Crippen MR) is 83.9 cm³/mol. The molecule has 8 heteroatoms. The summed E-state index contributed by atoms with van der Waals surface area (Å²) in [5, 5.41) is 2.63. The summed E-state index contributed by atoms with van der Waals surface area (Å²) >= 11 is 0. The van der Waals surface area contributed by atoms with Gasteiger partial charge in [-0.05, 0) is 17.7 Å². The number of carbonyl (C=O) groups is 4. The molecule has 0 bridgehead atoms. The fourth-order valence-corrected chi connectivity index (χ4v) is 1.86. The van der Waals surface area contributed by atoms with Gasteiger partial charge >= 0.3 is 11.9 Å². The number of rotatable bonds is 7. The van der Waals surface area contributed by atoms with Gasteiger partial charge in [0.2, 0.25) is 5.91 Å². The molecule has 0 fully saturated rings. The normalized spacial score (nSPS) is 9.79. The molecular weight excluding hydrogens is 316 g/mol. The lowest BCUT2D eigenvalue weighted by molar-refractivity contribution is -0.144. The van der Waals surface area contributed by atoms with E-state index in [1.807, 2.05) is 0 Å². The van der Waals surface area contributed by atoms with Crippen molar-refractivity contribution in [2.75, 3.05) is 27.3 Å². The maximum absolute atomic E-state index is 12.6. The molecule has 0 spiro atoms. The summed E-state index contributed by atoms with van der Waals surface area (Å²) in [5.41, 5.74) is 0.998. The zero-order chi connectivity index (χ0) is 18.1. The molecule has 1 N–H and O–H groups in total. The zero-order valence-corrected chi connectivity index (χ0v) is 13.8. The van der Waals surface area contributed by atoms with Crippen molar-refractivity contribution in [3.8, 4) is 0 Å². The monoisotopic (exact) mass is 336 g/mol.